The maximum absolute atomic E-state index is 5.86. The summed E-state index contributed by atoms with van der Waals surface area (Å²) in [6, 6.07) is 29.4. The van der Waals surface area contributed by atoms with Crippen LogP contribution in [0.3, 0.4) is 0 Å². The van der Waals surface area contributed by atoms with E-state index in [-0.39, 0.29) is 6.61 Å². The Kier molecular flexibility index (Phi) is 6.39. The molecule has 5 heteroatoms. The molecule has 4 rings (SSSR count). The molecule has 0 N–H and O–H groups in total. The highest BCUT2D eigenvalue weighted by molar-refractivity contribution is 5.33. The van der Waals surface area contributed by atoms with Crippen molar-refractivity contribution in [3.05, 3.63) is 108 Å². The molecule has 0 saturated carbocycles. The number of ether oxygens (including phenoxy) is 2. The molecule has 0 amide bonds. The number of aromatic nitrogens is 3. The van der Waals surface area contributed by atoms with Crippen LogP contribution in [0.1, 0.15) is 17.0 Å². The van der Waals surface area contributed by atoms with Crippen molar-refractivity contribution in [2.24, 2.45) is 0 Å². The molecule has 0 radical (unpaired) electrons. The SMILES string of the molecule is C(#Cc1c(COc2ccccc2)nnn1Cc1ccccc1)COc1ccccc1. The number of rotatable bonds is 7. The van der Waals surface area contributed by atoms with Crippen LogP contribution >= 0.6 is 0 Å². The lowest BCUT2D eigenvalue weighted by atomic mass is 10.2. The van der Waals surface area contributed by atoms with Crippen LogP contribution in [0.25, 0.3) is 0 Å². The van der Waals surface area contributed by atoms with Crippen molar-refractivity contribution in [1.29, 1.82) is 0 Å². The second-order valence-corrected chi connectivity index (χ2v) is 6.53. The lowest BCUT2D eigenvalue weighted by Gasteiger charge is -2.06. The molecule has 1 aromatic heterocycles. The smallest absolute Gasteiger partial charge is 0.149 e. The fourth-order valence-electron chi connectivity index (χ4n) is 2.87. The summed E-state index contributed by atoms with van der Waals surface area (Å²) in [7, 11) is 0. The molecule has 148 valence electrons. The molecule has 0 aliphatic carbocycles. The number of hydrogen-bond donors (Lipinski definition) is 0. The van der Waals surface area contributed by atoms with E-state index in [0.29, 0.717) is 18.8 Å². The lowest BCUT2D eigenvalue weighted by Crippen LogP contribution is -2.06. The largest absolute Gasteiger partial charge is 0.487 e. The van der Waals surface area contributed by atoms with Crippen molar-refractivity contribution in [3.8, 4) is 23.3 Å². The van der Waals surface area contributed by atoms with E-state index in [1.165, 1.54) is 0 Å². The topological polar surface area (TPSA) is 49.2 Å². The predicted molar refractivity (Wildman–Crippen MR) is 115 cm³/mol. The summed E-state index contributed by atoms with van der Waals surface area (Å²) < 4.78 is 13.3. The Morgan fingerprint density at radius 2 is 1.33 bits per heavy atom. The lowest BCUT2D eigenvalue weighted by molar-refractivity contribution is 0.301. The van der Waals surface area contributed by atoms with E-state index in [0.717, 1.165) is 22.8 Å². The molecule has 0 fully saturated rings. The molecule has 0 aliphatic heterocycles. The van der Waals surface area contributed by atoms with Crippen LogP contribution in [0.15, 0.2) is 91.0 Å². The van der Waals surface area contributed by atoms with Gasteiger partial charge in [0.25, 0.3) is 0 Å². The molecular weight excluding hydrogens is 374 g/mol. The van der Waals surface area contributed by atoms with Gasteiger partial charge in [-0.2, -0.15) is 0 Å². The first kappa shape index (κ1) is 19.3. The van der Waals surface area contributed by atoms with E-state index in [1.54, 1.807) is 4.68 Å². The van der Waals surface area contributed by atoms with E-state index in [2.05, 4.69) is 34.3 Å². The van der Waals surface area contributed by atoms with Gasteiger partial charge in [0.1, 0.15) is 36.1 Å². The predicted octanol–water partition coefficient (Wildman–Crippen LogP) is 4.34. The van der Waals surface area contributed by atoms with Gasteiger partial charge >= 0.3 is 0 Å². The quantitative estimate of drug-likeness (QED) is 0.437. The van der Waals surface area contributed by atoms with Gasteiger partial charge in [0, 0.05) is 0 Å². The minimum atomic E-state index is 0.277. The van der Waals surface area contributed by atoms with Gasteiger partial charge in [-0.25, -0.2) is 4.68 Å². The Morgan fingerprint density at radius 1 is 0.733 bits per heavy atom. The van der Waals surface area contributed by atoms with Crippen LogP contribution in [0, 0.1) is 11.8 Å². The molecule has 0 atom stereocenters. The van der Waals surface area contributed by atoms with Gasteiger partial charge in [0.05, 0.1) is 6.54 Å². The maximum atomic E-state index is 5.86. The minimum absolute atomic E-state index is 0.277. The summed E-state index contributed by atoms with van der Waals surface area (Å²) >= 11 is 0. The summed E-state index contributed by atoms with van der Waals surface area (Å²) in [6.45, 7) is 1.16. The van der Waals surface area contributed by atoms with Crippen LogP contribution in [-0.2, 0) is 13.2 Å². The molecule has 0 bridgehead atoms. The van der Waals surface area contributed by atoms with Crippen LogP contribution in [0.5, 0.6) is 11.5 Å². The average molecular weight is 395 g/mol. The summed E-state index contributed by atoms with van der Waals surface area (Å²) in [5.74, 6) is 7.81. The van der Waals surface area contributed by atoms with Gasteiger partial charge in [-0.05, 0) is 35.7 Å². The van der Waals surface area contributed by atoms with Gasteiger partial charge < -0.3 is 9.47 Å². The van der Waals surface area contributed by atoms with Crippen molar-refractivity contribution in [2.45, 2.75) is 13.2 Å². The Bertz CT molecular complexity index is 1110. The molecule has 0 unspecified atom stereocenters. The molecule has 0 aliphatic rings. The van der Waals surface area contributed by atoms with Crippen LogP contribution in [0.4, 0.5) is 0 Å². The average Bonchev–Trinajstić information content (AvgIpc) is 3.18. The second-order valence-electron chi connectivity index (χ2n) is 6.53. The van der Waals surface area contributed by atoms with Crippen molar-refractivity contribution < 1.29 is 9.47 Å². The van der Waals surface area contributed by atoms with Crippen molar-refractivity contribution in [1.82, 2.24) is 15.0 Å². The summed E-state index contributed by atoms with van der Waals surface area (Å²) in [4.78, 5) is 0. The Hall–Kier alpha value is -4.04. The summed E-state index contributed by atoms with van der Waals surface area (Å²) in [5, 5.41) is 8.61. The second kappa shape index (κ2) is 9.94. The van der Waals surface area contributed by atoms with Crippen molar-refractivity contribution in [2.75, 3.05) is 6.61 Å². The van der Waals surface area contributed by atoms with Crippen LogP contribution in [-0.4, -0.2) is 21.6 Å². The molecule has 30 heavy (non-hydrogen) atoms. The highest BCUT2D eigenvalue weighted by Crippen LogP contribution is 2.14. The fraction of sp³-hybridized carbons (Fsp3) is 0.120. The monoisotopic (exact) mass is 395 g/mol. The molecule has 0 saturated heterocycles. The Labute approximate surface area is 175 Å². The van der Waals surface area contributed by atoms with Gasteiger partial charge in [0.15, 0.2) is 0 Å². The van der Waals surface area contributed by atoms with E-state index < -0.39 is 0 Å². The molecule has 5 nitrogen and oxygen atoms in total. The number of para-hydroxylation sites is 2. The first-order valence-corrected chi connectivity index (χ1v) is 9.69. The first-order valence-electron chi connectivity index (χ1n) is 9.69. The summed E-state index contributed by atoms with van der Waals surface area (Å²) in [5.41, 5.74) is 2.55. The minimum Gasteiger partial charge on any atom is -0.487 e. The van der Waals surface area contributed by atoms with E-state index in [9.17, 15) is 0 Å². The Balaban J connectivity index is 1.51. The van der Waals surface area contributed by atoms with E-state index in [1.807, 2.05) is 78.9 Å². The zero-order valence-corrected chi connectivity index (χ0v) is 16.4. The number of hydrogen-bond acceptors (Lipinski definition) is 4. The van der Waals surface area contributed by atoms with Gasteiger partial charge in [-0.15, -0.1) is 5.10 Å². The highest BCUT2D eigenvalue weighted by Gasteiger charge is 2.12. The maximum Gasteiger partial charge on any atom is 0.149 e. The molecule has 4 aromatic rings. The van der Waals surface area contributed by atoms with Gasteiger partial charge in [-0.1, -0.05) is 77.9 Å². The molecule has 0 spiro atoms. The zero-order valence-electron chi connectivity index (χ0n) is 16.4. The Morgan fingerprint density at radius 3 is 2.00 bits per heavy atom. The van der Waals surface area contributed by atoms with Gasteiger partial charge in [0.2, 0.25) is 0 Å². The summed E-state index contributed by atoms with van der Waals surface area (Å²) in [6.07, 6.45) is 0. The fourth-order valence-corrected chi connectivity index (χ4v) is 2.87. The third kappa shape index (κ3) is 5.27. The number of benzene rings is 3. The zero-order chi connectivity index (χ0) is 20.4. The molecule has 1 heterocycles. The highest BCUT2D eigenvalue weighted by atomic mass is 16.5. The third-order valence-corrected chi connectivity index (χ3v) is 4.36. The van der Waals surface area contributed by atoms with Crippen molar-refractivity contribution in [3.63, 3.8) is 0 Å². The van der Waals surface area contributed by atoms with E-state index in [4.69, 9.17) is 9.47 Å². The standard InChI is InChI=1S/C25H21N3O2/c1-4-11-21(12-5-1)19-28-25(17-10-18-29-22-13-6-2-7-14-22)24(26-27-28)20-30-23-15-8-3-9-16-23/h1-9,11-16H,18-20H2. The third-order valence-electron chi connectivity index (χ3n) is 4.36. The van der Waals surface area contributed by atoms with Crippen LogP contribution < -0.4 is 9.47 Å². The number of nitrogens with zero attached hydrogens (tertiary/aromatic N) is 3. The molecule has 3 aromatic carbocycles. The van der Waals surface area contributed by atoms with E-state index >= 15 is 0 Å². The molecular formula is C25H21N3O2. The van der Waals surface area contributed by atoms with Gasteiger partial charge in [-0.3, -0.25) is 0 Å². The normalized spacial score (nSPS) is 10.1. The first-order chi connectivity index (χ1) is 14.9. The van der Waals surface area contributed by atoms with Crippen LogP contribution in [0.2, 0.25) is 0 Å². The van der Waals surface area contributed by atoms with Crippen molar-refractivity contribution >= 4 is 0 Å².